The Balaban J connectivity index is 1.56. The summed E-state index contributed by atoms with van der Waals surface area (Å²) in [5, 5.41) is 11.9. The van der Waals surface area contributed by atoms with E-state index in [-0.39, 0.29) is 6.03 Å². The van der Waals surface area contributed by atoms with Crippen LogP contribution in [0.25, 0.3) is 0 Å². The summed E-state index contributed by atoms with van der Waals surface area (Å²) in [5.41, 5.74) is 0. The molecular weight excluding hydrogens is 286 g/mol. The number of aryl methyl sites for hydroxylation is 1. The third-order valence-electron chi connectivity index (χ3n) is 4.62. The predicted molar refractivity (Wildman–Crippen MR) is 83.3 cm³/mol. The van der Waals surface area contributed by atoms with Crippen LogP contribution < -0.4 is 5.32 Å². The highest BCUT2D eigenvalue weighted by atomic mass is 32.2. The molecule has 2 atom stereocenters. The second kappa shape index (κ2) is 6.25. The number of carbonyl (C=O) groups excluding carboxylic acids is 1. The van der Waals surface area contributed by atoms with Crippen molar-refractivity contribution in [3.63, 3.8) is 0 Å². The number of hydrogen-bond donors (Lipinski definition) is 1. The summed E-state index contributed by atoms with van der Waals surface area (Å²) in [5.74, 6) is 1.92. The van der Waals surface area contributed by atoms with Crippen molar-refractivity contribution in [2.45, 2.75) is 56.5 Å². The molecule has 21 heavy (non-hydrogen) atoms. The minimum absolute atomic E-state index is 0.00343. The molecule has 0 saturated heterocycles. The number of rotatable bonds is 4. The van der Waals surface area contributed by atoms with E-state index in [0.717, 1.165) is 37.5 Å². The van der Waals surface area contributed by atoms with Gasteiger partial charge >= 0.3 is 6.03 Å². The summed E-state index contributed by atoms with van der Waals surface area (Å²) in [6.45, 7) is 1.44. The van der Waals surface area contributed by atoms with Gasteiger partial charge in [0.2, 0.25) is 0 Å². The van der Waals surface area contributed by atoms with Crippen molar-refractivity contribution in [2.75, 3.05) is 13.3 Å². The topological polar surface area (TPSA) is 63.1 Å². The molecule has 2 amide bonds. The van der Waals surface area contributed by atoms with Gasteiger partial charge in [0.25, 0.3) is 0 Å². The van der Waals surface area contributed by atoms with E-state index in [9.17, 15) is 4.79 Å². The van der Waals surface area contributed by atoms with Crippen LogP contribution in [-0.4, -0.2) is 50.3 Å². The molecule has 1 aliphatic carbocycles. The van der Waals surface area contributed by atoms with Crippen LogP contribution in [0.15, 0.2) is 0 Å². The smallest absolute Gasteiger partial charge is 0.317 e. The molecule has 0 bridgehead atoms. The van der Waals surface area contributed by atoms with Crippen molar-refractivity contribution in [3.8, 4) is 0 Å². The zero-order valence-electron chi connectivity index (χ0n) is 12.7. The minimum atomic E-state index is -0.00343. The van der Waals surface area contributed by atoms with E-state index >= 15 is 0 Å². The van der Waals surface area contributed by atoms with E-state index in [4.69, 9.17) is 0 Å². The Kier molecular flexibility index (Phi) is 4.37. The SMILES string of the molecule is CS[C@@H]1CCC[C@H]1N(C)C(=O)NCc1nnc2n1CCC2. The number of amides is 2. The first-order valence-electron chi connectivity index (χ1n) is 7.65. The Bertz CT molecular complexity index is 517. The zero-order valence-corrected chi connectivity index (χ0v) is 13.5. The first-order chi connectivity index (χ1) is 10.2. The second-order valence-electron chi connectivity index (χ2n) is 5.83. The number of thioether (sulfide) groups is 1. The Hall–Kier alpha value is -1.24. The molecule has 1 aromatic rings. The van der Waals surface area contributed by atoms with Gasteiger partial charge in [-0.3, -0.25) is 0 Å². The van der Waals surface area contributed by atoms with Gasteiger partial charge < -0.3 is 14.8 Å². The molecule has 1 N–H and O–H groups in total. The van der Waals surface area contributed by atoms with Crippen LogP contribution in [-0.2, 0) is 19.5 Å². The third-order valence-corrected chi connectivity index (χ3v) is 5.78. The van der Waals surface area contributed by atoms with Gasteiger partial charge in [-0.15, -0.1) is 10.2 Å². The van der Waals surface area contributed by atoms with Crippen molar-refractivity contribution in [1.29, 1.82) is 0 Å². The summed E-state index contributed by atoms with van der Waals surface area (Å²) in [6, 6.07) is 0.348. The normalized spacial score (nSPS) is 24.1. The van der Waals surface area contributed by atoms with E-state index in [0.29, 0.717) is 17.8 Å². The molecule has 1 fully saturated rings. The standard InChI is InChI=1S/C14H23N5OS/c1-18(10-5-3-6-11(10)21-2)14(20)15-9-13-17-16-12-7-4-8-19(12)13/h10-11H,3-9H2,1-2H3,(H,15,20)/t10-,11-/m1/s1. The highest BCUT2D eigenvalue weighted by Gasteiger charge is 2.32. The summed E-state index contributed by atoms with van der Waals surface area (Å²) in [7, 11) is 1.91. The Morgan fingerprint density at radius 1 is 1.43 bits per heavy atom. The number of urea groups is 1. The largest absolute Gasteiger partial charge is 0.331 e. The van der Waals surface area contributed by atoms with Crippen LogP contribution in [0, 0.1) is 0 Å². The number of aromatic nitrogens is 3. The molecule has 0 unspecified atom stereocenters. The fourth-order valence-corrected chi connectivity index (χ4v) is 4.43. The Morgan fingerprint density at radius 2 is 2.29 bits per heavy atom. The average molecular weight is 309 g/mol. The summed E-state index contributed by atoms with van der Waals surface area (Å²) < 4.78 is 2.13. The highest BCUT2D eigenvalue weighted by Crippen LogP contribution is 2.31. The van der Waals surface area contributed by atoms with Crippen molar-refractivity contribution in [2.24, 2.45) is 0 Å². The van der Waals surface area contributed by atoms with Crippen LogP contribution in [0.5, 0.6) is 0 Å². The Labute approximate surface area is 129 Å². The van der Waals surface area contributed by atoms with Crippen molar-refractivity contribution in [3.05, 3.63) is 11.6 Å². The van der Waals surface area contributed by atoms with Crippen LogP contribution in [0.4, 0.5) is 4.79 Å². The lowest BCUT2D eigenvalue weighted by Crippen LogP contribution is -2.45. The molecule has 2 aliphatic rings. The second-order valence-corrected chi connectivity index (χ2v) is 6.91. The third kappa shape index (κ3) is 2.88. The fourth-order valence-electron chi connectivity index (χ4n) is 3.40. The van der Waals surface area contributed by atoms with Crippen LogP contribution >= 0.6 is 11.8 Å². The van der Waals surface area contributed by atoms with E-state index < -0.39 is 0 Å². The van der Waals surface area contributed by atoms with Crippen molar-refractivity contribution < 1.29 is 4.79 Å². The Morgan fingerprint density at radius 3 is 3.10 bits per heavy atom. The summed E-state index contributed by atoms with van der Waals surface area (Å²) in [6.07, 6.45) is 7.79. The van der Waals surface area contributed by atoms with E-state index in [1.807, 2.05) is 23.7 Å². The molecular formula is C14H23N5OS. The lowest BCUT2D eigenvalue weighted by molar-refractivity contribution is 0.191. The van der Waals surface area contributed by atoms with Gasteiger partial charge in [-0.1, -0.05) is 6.42 Å². The van der Waals surface area contributed by atoms with Gasteiger partial charge in [-0.05, 0) is 25.5 Å². The maximum Gasteiger partial charge on any atom is 0.317 e. The molecule has 0 aromatic carbocycles. The molecule has 3 rings (SSSR count). The van der Waals surface area contributed by atoms with E-state index in [1.54, 1.807) is 0 Å². The molecule has 6 nitrogen and oxygen atoms in total. The van der Waals surface area contributed by atoms with Crippen molar-refractivity contribution >= 4 is 17.8 Å². The predicted octanol–water partition coefficient (Wildman–Crippen LogP) is 1.65. The summed E-state index contributed by atoms with van der Waals surface area (Å²) in [4.78, 5) is 14.2. The van der Waals surface area contributed by atoms with E-state index in [2.05, 4.69) is 26.3 Å². The maximum absolute atomic E-state index is 12.3. The van der Waals surface area contributed by atoms with Gasteiger partial charge in [0, 0.05) is 31.3 Å². The molecule has 0 radical (unpaired) electrons. The van der Waals surface area contributed by atoms with Gasteiger partial charge in [-0.25, -0.2) is 4.79 Å². The molecule has 0 spiro atoms. The highest BCUT2D eigenvalue weighted by molar-refractivity contribution is 7.99. The number of hydrogen-bond acceptors (Lipinski definition) is 4. The maximum atomic E-state index is 12.3. The molecule has 116 valence electrons. The number of fused-ring (bicyclic) bond motifs is 1. The van der Waals surface area contributed by atoms with Gasteiger partial charge in [0.1, 0.15) is 5.82 Å². The van der Waals surface area contributed by atoms with Crippen LogP contribution in [0.1, 0.15) is 37.3 Å². The van der Waals surface area contributed by atoms with Gasteiger partial charge in [0.05, 0.1) is 6.54 Å². The zero-order chi connectivity index (χ0) is 14.8. The first kappa shape index (κ1) is 14.7. The average Bonchev–Trinajstić information content (AvgIpc) is 3.19. The lowest BCUT2D eigenvalue weighted by Gasteiger charge is -2.28. The molecule has 7 heteroatoms. The van der Waals surface area contributed by atoms with Gasteiger partial charge in [-0.2, -0.15) is 11.8 Å². The van der Waals surface area contributed by atoms with Crippen LogP contribution in [0.2, 0.25) is 0 Å². The molecule has 1 aliphatic heterocycles. The number of nitrogens with one attached hydrogen (secondary N) is 1. The fraction of sp³-hybridized carbons (Fsp3) is 0.786. The van der Waals surface area contributed by atoms with Crippen molar-refractivity contribution in [1.82, 2.24) is 25.0 Å². The number of carbonyl (C=O) groups is 1. The monoisotopic (exact) mass is 309 g/mol. The first-order valence-corrected chi connectivity index (χ1v) is 8.94. The number of nitrogens with zero attached hydrogens (tertiary/aromatic N) is 4. The quantitative estimate of drug-likeness (QED) is 0.918. The molecule has 2 heterocycles. The molecule has 1 saturated carbocycles. The van der Waals surface area contributed by atoms with E-state index in [1.165, 1.54) is 12.8 Å². The minimum Gasteiger partial charge on any atom is -0.331 e. The summed E-state index contributed by atoms with van der Waals surface area (Å²) >= 11 is 1.87. The van der Waals surface area contributed by atoms with Crippen LogP contribution in [0.3, 0.4) is 0 Å². The lowest BCUT2D eigenvalue weighted by atomic mass is 10.2. The van der Waals surface area contributed by atoms with Gasteiger partial charge in [0.15, 0.2) is 5.82 Å². The molecule has 1 aromatic heterocycles.